The van der Waals surface area contributed by atoms with E-state index in [1.54, 1.807) is 23.1 Å². The molecule has 0 N–H and O–H groups in total. The number of nitrogens with zero attached hydrogens (tertiary/aromatic N) is 1. The molecule has 1 fully saturated rings. The number of hydrogen-bond donors (Lipinski definition) is 0. The molecule has 0 unspecified atom stereocenters. The maximum Gasteiger partial charge on any atom is 0.265 e. The van der Waals surface area contributed by atoms with E-state index in [-0.39, 0.29) is 11.7 Å². The van der Waals surface area contributed by atoms with Crippen molar-refractivity contribution in [2.24, 2.45) is 0 Å². The number of carbonyl (C=O) groups is 1. The van der Waals surface area contributed by atoms with Crippen molar-refractivity contribution >= 4 is 29.4 Å². The summed E-state index contributed by atoms with van der Waals surface area (Å²) in [5, 5.41) is 0. The number of amides is 1. The number of anilines is 1. The van der Waals surface area contributed by atoms with Gasteiger partial charge < -0.3 is 0 Å². The summed E-state index contributed by atoms with van der Waals surface area (Å²) in [4.78, 5) is 14.8. The van der Waals surface area contributed by atoms with E-state index in [0.29, 0.717) is 10.8 Å². The fourth-order valence-corrected chi connectivity index (χ4v) is 2.99. The first-order chi connectivity index (χ1) is 9.74. The van der Waals surface area contributed by atoms with Crippen LogP contribution >= 0.6 is 11.8 Å². The number of benzene rings is 2. The second-order valence-corrected chi connectivity index (χ2v) is 5.39. The van der Waals surface area contributed by atoms with Gasteiger partial charge in [0.05, 0.1) is 10.8 Å². The maximum absolute atomic E-state index is 12.9. The van der Waals surface area contributed by atoms with Crippen LogP contribution in [0.4, 0.5) is 10.1 Å². The summed E-state index contributed by atoms with van der Waals surface area (Å²) >= 11 is 1.50. The molecule has 100 valence electrons. The Kier molecular flexibility index (Phi) is 3.56. The molecule has 2 aromatic carbocycles. The van der Waals surface area contributed by atoms with Crippen molar-refractivity contribution in [3.63, 3.8) is 0 Å². The van der Waals surface area contributed by atoms with E-state index in [2.05, 4.69) is 0 Å². The van der Waals surface area contributed by atoms with Gasteiger partial charge in [0.25, 0.3) is 5.91 Å². The molecule has 0 radical (unpaired) electrons. The third kappa shape index (κ3) is 2.60. The lowest BCUT2D eigenvalue weighted by atomic mass is 10.2. The van der Waals surface area contributed by atoms with Gasteiger partial charge in [-0.2, -0.15) is 0 Å². The molecule has 0 saturated carbocycles. The molecule has 0 bridgehead atoms. The Bertz CT molecular complexity index is 652. The predicted octanol–water partition coefficient (Wildman–Crippen LogP) is 3.90. The van der Waals surface area contributed by atoms with Gasteiger partial charge in [0.1, 0.15) is 5.82 Å². The van der Waals surface area contributed by atoms with Gasteiger partial charge in [0, 0.05) is 5.69 Å². The molecule has 4 heteroatoms. The Morgan fingerprint density at radius 3 is 2.45 bits per heavy atom. The largest absolute Gasteiger partial charge is 0.298 e. The molecule has 3 rings (SSSR count). The van der Waals surface area contributed by atoms with Crippen molar-refractivity contribution in [1.82, 2.24) is 0 Å². The first-order valence-corrected chi connectivity index (χ1v) is 7.19. The van der Waals surface area contributed by atoms with Gasteiger partial charge >= 0.3 is 0 Å². The average molecular weight is 285 g/mol. The Labute approximate surface area is 120 Å². The Hall–Kier alpha value is -2.07. The quantitative estimate of drug-likeness (QED) is 0.780. The Balaban J connectivity index is 1.84. The van der Waals surface area contributed by atoms with Crippen molar-refractivity contribution in [2.45, 2.75) is 0 Å². The van der Waals surface area contributed by atoms with Crippen LogP contribution in [0, 0.1) is 5.82 Å². The molecular weight excluding hydrogens is 273 g/mol. The van der Waals surface area contributed by atoms with Gasteiger partial charge in [-0.3, -0.25) is 9.69 Å². The van der Waals surface area contributed by atoms with E-state index in [1.807, 2.05) is 30.3 Å². The number of thioether (sulfide) groups is 1. The van der Waals surface area contributed by atoms with Gasteiger partial charge in [0.2, 0.25) is 0 Å². The van der Waals surface area contributed by atoms with E-state index in [1.165, 1.54) is 23.9 Å². The van der Waals surface area contributed by atoms with E-state index in [9.17, 15) is 9.18 Å². The normalized spacial score (nSPS) is 16.9. The summed E-state index contributed by atoms with van der Waals surface area (Å²) in [6.45, 7) is 0. The molecule has 1 amide bonds. The highest BCUT2D eigenvalue weighted by molar-refractivity contribution is 8.04. The highest BCUT2D eigenvalue weighted by atomic mass is 32.2. The second-order valence-electron chi connectivity index (χ2n) is 4.40. The number of para-hydroxylation sites is 1. The van der Waals surface area contributed by atoms with Gasteiger partial charge in [0.15, 0.2) is 0 Å². The van der Waals surface area contributed by atoms with Crippen molar-refractivity contribution in [1.29, 1.82) is 0 Å². The van der Waals surface area contributed by atoms with Crippen LogP contribution < -0.4 is 4.90 Å². The lowest BCUT2D eigenvalue weighted by Crippen LogP contribution is -2.24. The zero-order valence-electron chi connectivity index (χ0n) is 10.6. The standard InChI is InChI=1S/C16H12FNOS/c17-13-8-6-12(7-9-13)10-15-16(19)18(11-20-15)14-4-2-1-3-5-14/h1-10H,11H2. The summed E-state index contributed by atoms with van der Waals surface area (Å²) < 4.78 is 12.9. The van der Waals surface area contributed by atoms with E-state index >= 15 is 0 Å². The van der Waals surface area contributed by atoms with Crippen molar-refractivity contribution < 1.29 is 9.18 Å². The van der Waals surface area contributed by atoms with E-state index in [0.717, 1.165) is 11.3 Å². The minimum atomic E-state index is -0.275. The molecule has 1 aliphatic heterocycles. The molecule has 0 atom stereocenters. The van der Waals surface area contributed by atoms with Gasteiger partial charge in [-0.25, -0.2) is 4.39 Å². The third-order valence-corrected chi connectivity index (χ3v) is 4.03. The van der Waals surface area contributed by atoms with Gasteiger partial charge in [-0.1, -0.05) is 42.1 Å². The number of carbonyl (C=O) groups excluding carboxylic acids is 1. The minimum Gasteiger partial charge on any atom is -0.298 e. The zero-order valence-corrected chi connectivity index (χ0v) is 11.4. The topological polar surface area (TPSA) is 20.3 Å². The predicted molar refractivity (Wildman–Crippen MR) is 80.8 cm³/mol. The van der Waals surface area contributed by atoms with Crippen molar-refractivity contribution in [3.8, 4) is 0 Å². The van der Waals surface area contributed by atoms with Crippen LogP contribution in [0.25, 0.3) is 6.08 Å². The van der Waals surface area contributed by atoms with Crippen LogP contribution in [-0.2, 0) is 4.79 Å². The maximum atomic E-state index is 12.9. The summed E-state index contributed by atoms with van der Waals surface area (Å²) in [5.41, 5.74) is 1.73. The second kappa shape index (κ2) is 5.51. The lowest BCUT2D eigenvalue weighted by molar-refractivity contribution is -0.113. The first-order valence-electron chi connectivity index (χ1n) is 6.21. The van der Waals surface area contributed by atoms with Gasteiger partial charge in [-0.05, 0) is 35.9 Å². The van der Waals surface area contributed by atoms with Crippen LogP contribution in [0.2, 0.25) is 0 Å². The van der Waals surface area contributed by atoms with Crippen LogP contribution in [-0.4, -0.2) is 11.8 Å². The van der Waals surface area contributed by atoms with Gasteiger partial charge in [-0.15, -0.1) is 0 Å². The molecule has 0 spiro atoms. The number of hydrogen-bond acceptors (Lipinski definition) is 2. The average Bonchev–Trinajstić information content (AvgIpc) is 2.84. The Morgan fingerprint density at radius 2 is 1.75 bits per heavy atom. The van der Waals surface area contributed by atoms with Crippen LogP contribution in [0.1, 0.15) is 5.56 Å². The smallest absolute Gasteiger partial charge is 0.265 e. The van der Waals surface area contributed by atoms with E-state index < -0.39 is 0 Å². The van der Waals surface area contributed by atoms with Crippen molar-refractivity contribution in [2.75, 3.05) is 10.8 Å². The van der Waals surface area contributed by atoms with Crippen LogP contribution in [0.15, 0.2) is 59.5 Å². The number of rotatable bonds is 2. The summed E-state index contributed by atoms with van der Waals surface area (Å²) in [6, 6.07) is 15.7. The molecule has 1 saturated heterocycles. The molecular formula is C16H12FNOS. The highest BCUT2D eigenvalue weighted by Crippen LogP contribution is 2.33. The zero-order chi connectivity index (χ0) is 13.9. The molecule has 0 aliphatic carbocycles. The molecule has 1 aliphatic rings. The van der Waals surface area contributed by atoms with Crippen LogP contribution in [0.3, 0.4) is 0 Å². The molecule has 1 heterocycles. The monoisotopic (exact) mass is 285 g/mol. The molecule has 2 aromatic rings. The van der Waals surface area contributed by atoms with Crippen LogP contribution in [0.5, 0.6) is 0 Å². The Morgan fingerprint density at radius 1 is 1.05 bits per heavy atom. The molecule has 20 heavy (non-hydrogen) atoms. The molecule has 2 nitrogen and oxygen atoms in total. The lowest BCUT2D eigenvalue weighted by Gasteiger charge is -2.13. The highest BCUT2D eigenvalue weighted by Gasteiger charge is 2.27. The fourth-order valence-electron chi connectivity index (χ4n) is 2.00. The summed E-state index contributed by atoms with van der Waals surface area (Å²) in [7, 11) is 0. The minimum absolute atomic E-state index is 0.00877. The number of halogens is 1. The van der Waals surface area contributed by atoms with E-state index in [4.69, 9.17) is 0 Å². The summed E-state index contributed by atoms with van der Waals surface area (Å²) in [5.74, 6) is 0.324. The molecule has 0 aromatic heterocycles. The summed E-state index contributed by atoms with van der Waals surface area (Å²) in [6.07, 6.45) is 1.80. The SMILES string of the molecule is O=C1C(=Cc2ccc(F)cc2)SCN1c1ccccc1. The fraction of sp³-hybridized carbons (Fsp3) is 0.0625. The first kappa shape index (κ1) is 12.9. The third-order valence-electron chi connectivity index (χ3n) is 3.04. The van der Waals surface area contributed by atoms with Crippen molar-refractivity contribution in [3.05, 3.63) is 70.9 Å².